The molecule has 1 fully saturated rings. The van der Waals surface area contributed by atoms with Gasteiger partial charge in [0.05, 0.1) is 6.54 Å². The molecule has 1 aliphatic rings. The number of nitrogens with zero attached hydrogens (tertiary/aromatic N) is 2. The molecule has 0 radical (unpaired) electrons. The molecular formula is C14H19N3O3. The lowest BCUT2D eigenvalue weighted by Gasteiger charge is -2.32. The molecule has 2 N–H and O–H groups in total. The van der Waals surface area contributed by atoms with Gasteiger partial charge in [-0.15, -0.1) is 0 Å². The van der Waals surface area contributed by atoms with E-state index in [-0.39, 0.29) is 12.5 Å². The zero-order chi connectivity index (χ0) is 14.4. The zero-order valence-electron chi connectivity index (χ0n) is 11.3. The minimum Gasteiger partial charge on any atom is -0.480 e. The van der Waals surface area contributed by atoms with Gasteiger partial charge in [-0.25, -0.2) is 0 Å². The summed E-state index contributed by atoms with van der Waals surface area (Å²) in [6, 6.07) is 5.30. The topological polar surface area (TPSA) is 82.5 Å². The van der Waals surface area contributed by atoms with Crippen LogP contribution in [0.15, 0.2) is 24.4 Å². The molecule has 1 saturated heterocycles. The lowest BCUT2D eigenvalue weighted by molar-refractivity contribution is -0.136. The van der Waals surface area contributed by atoms with Gasteiger partial charge in [-0.2, -0.15) is 0 Å². The van der Waals surface area contributed by atoms with E-state index >= 15 is 0 Å². The fraction of sp³-hybridized carbons (Fsp3) is 0.500. The van der Waals surface area contributed by atoms with Gasteiger partial charge in [0.2, 0.25) is 0 Å². The van der Waals surface area contributed by atoms with E-state index in [4.69, 9.17) is 5.11 Å². The van der Waals surface area contributed by atoms with Crippen LogP contribution in [0.4, 0.5) is 0 Å². The first-order valence-corrected chi connectivity index (χ1v) is 6.79. The second-order valence-corrected chi connectivity index (χ2v) is 5.00. The van der Waals surface area contributed by atoms with Crippen LogP contribution in [0.2, 0.25) is 0 Å². The maximum absolute atomic E-state index is 12.3. The molecule has 0 aromatic carbocycles. The van der Waals surface area contributed by atoms with Crippen LogP contribution in [0.3, 0.4) is 0 Å². The van der Waals surface area contributed by atoms with Gasteiger partial charge in [-0.3, -0.25) is 14.6 Å². The minimum atomic E-state index is -0.859. The van der Waals surface area contributed by atoms with Crippen LogP contribution in [-0.2, 0) is 4.79 Å². The largest absolute Gasteiger partial charge is 0.480 e. The second-order valence-electron chi connectivity index (χ2n) is 5.00. The van der Waals surface area contributed by atoms with Gasteiger partial charge in [0, 0.05) is 25.8 Å². The van der Waals surface area contributed by atoms with Crippen molar-refractivity contribution in [3.8, 4) is 0 Å². The van der Waals surface area contributed by atoms with E-state index in [9.17, 15) is 9.59 Å². The molecular weight excluding hydrogens is 258 g/mol. The molecule has 1 aromatic rings. The summed E-state index contributed by atoms with van der Waals surface area (Å²) < 4.78 is 0. The number of pyridine rings is 1. The summed E-state index contributed by atoms with van der Waals surface area (Å²) in [5, 5.41) is 11.5. The van der Waals surface area contributed by atoms with Crippen LogP contribution in [0.5, 0.6) is 0 Å². The number of hydrogen-bond acceptors (Lipinski definition) is 4. The third kappa shape index (κ3) is 4.03. The van der Waals surface area contributed by atoms with Gasteiger partial charge >= 0.3 is 5.97 Å². The molecule has 1 aliphatic heterocycles. The molecule has 20 heavy (non-hydrogen) atoms. The molecule has 2 heterocycles. The van der Waals surface area contributed by atoms with Crippen molar-refractivity contribution in [1.82, 2.24) is 15.2 Å². The highest BCUT2D eigenvalue weighted by Crippen LogP contribution is 2.17. The maximum atomic E-state index is 12.3. The predicted molar refractivity (Wildman–Crippen MR) is 73.4 cm³/mol. The average molecular weight is 277 g/mol. The normalized spacial score (nSPS) is 18.8. The molecule has 0 spiro atoms. The Bertz CT molecular complexity index is 464. The Hall–Kier alpha value is -1.95. The van der Waals surface area contributed by atoms with Gasteiger partial charge in [0.25, 0.3) is 5.91 Å². The summed E-state index contributed by atoms with van der Waals surface area (Å²) in [4.78, 5) is 28.6. The number of carboxylic acid groups (broad SMARTS) is 1. The molecule has 1 unspecified atom stereocenters. The van der Waals surface area contributed by atoms with Gasteiger partial charge < -0.3 is 15.3 Å². The predicted octanol–water partition coefficient (Wildman–Crippen LogP) is 0.608. The monoisotopic (exact) mass is 277 g/mol. The van der Waals surface area contributed by atoms with E-state index in [0.29, 0.717) is 24.7 Å². The number of nitrogens with one attached hydrogen (secondary N) is 1. The van der Waals surface area contributed by atoms with Crippen molar-refractivity contribution in [2.24, 2.45) is 5.92 Å². The van der Waals surface area contributed by atoms with E-state index < -0.39 is 5.97 Å². The molecule has 1 aromatic heterocycles. The summed E-state index contributed by atoms with van der Waals surface area (Å²) in [6.45, 7) is 1.98. The molecule has 1 amide bonds. The molecule has 108 valence electrons. The number of hydrogen-bond donors (Lipinski definition) is 2. The number of piperidine rings is 1. The molecule has 6 heteroatoms. The third-order valence-electron chi connectivity index (χ3n) is 3.40. The van der Waals surface area contributed by atoms with Crippen molar-refractivity contribution < 1.29 is 14.7 Å². The Balaban J connectivity index is 1.87. The molecule has 1 atom stereocenters. The summed E-state index contributed by atoms with van der Waals surface area (Å²) in [5.41, 5.74) is 0.464. The van der Waals surface area contributed by atoms with E-state index in [1.54, 1.807) is 29.3 Å². The van der Waals surface area contributed by atoms with Crippen molar-refractivity contribution in [2.75, 3.05) is 26.2 Å². The van der Waals surface area contributed by atoms with Crippen molar-refractivity contribution >= 4 is 11.9 Å². The molecule has 0 bridgehead atoms. The molecule has 2 rings (SSSR count). The number of aromatic nitrogens is 1. The fourth-order valence-electron chi connectivity index (χ4n) is 2.45. The first-order chi connectivity index (χ1) is 9.66. The molecule has 0 saturated carbocycles. The highest BCUT2D eigenvalue weighted by molar-refractivity contribution is 5.92. The lowest BCUT2D eigenvalue weighted by Crippen LogP contribution is -2.43. The Morgan fingerprint density at radius 3 is 3.00 bits per heavy atom. The van der Waals surface area contributed by atoms with Crippen molar-refractivity contribution in [2.45, 2.75) is 12.8 Å². The molecule has 0 aliphatic carbocycles. The number of rotatable bonds is 5. The Kier molecular flexibility index (Phi) is 5.06. The van der Waals surface area contributed by atoms with Gasteiger partial charge in [-0.05, 0) is 30.9 Å². The first kappa shape index (κ1) is 14.5. The molecule has 6 nitrogen and oxygen atoms in total. The van der Waals surface area contributed by atoms with Crippen molar-refractivity contribution in [3.05, 3.63) is 30.1 Å². The van der Waals surface area contributed by atoms with E-state index in [1.165, 1.54) is 0 Å². The third-order valence-corrected chi connectivity index (χ3v) is 3.40. The van der Waals surface area contributed by atoms with Crippen LogP contribution in [0.1, 0.15) is 23.3 Å². The summed E-state index contributed by atoms with van der Waals surface area (Å²) in [5.74, 6) is -0.605. The number of carboxylic acids is 1. The van der Waals surface area contributed by atoms with Crippen LogP contribution in [0.25, 0.3) is 0 Å². The van der Waals surface area contributed by atoms with Crippen LogP contribution in [0, 0.1) is 5.92 Å². The number of carbonyl (C=O) groups is 2. The zero-order valence-corrected chi connectivity index (χ0v) is 11.3. The van der Waals surface area contributed by atoms with E-state index in [1.807, 2.05) is 0 Å². The highest BCUT2D eigenvalue weighted by Gasteiger charge is 2.24. The van der Waals surface area contributed by atoms with Crippen LogP contribution < -0.4 is 5.32 Å². The van der Waals surface area contributed by atoms with Crippen LogP contribution in [-0.4, -0.2) is 53.0 Å². The number of aliphatic carboxylic acids is 1. The van der Waals surface area contributed by atoms with E-state index in [2.05, 4.69) is 10.3 Å². The number of amides is 1. The smallest absolute Gasteiger partial charge is 0.317 e. The lowest BCUT2D eigenvalue weighted by atomic mass is 9.97. The number of carbonyl (C=O) groups excluding carboxylic acids is 1. The van der Waals surface area contributed by atoms with Gasteiger partial charge in [0.15, 0.2) is 0 Å². The fourth-order valence-corrected chi connectivity index (χ4v) is 2.45. The van der Waals surface area contributed by atoms with Crippen molar-refractivity contribution in [1.29, 1.82) is 0 Å². The SMILES string of the molecule is O=C(O)CNCC1CCCN(C(=O)c2ccccn2)C1. The summed E-state index contributed by atoms with van der Waals surface area (Å²) >= 11 is 0. The van der Waals surface area contributed by atoms with Crippen LogP contribution >= 0.6 is 0 Å². The summed E-state index contributed by atoms with van der Waals surface area (Å²) in [6.07, 6.45) is 3.57. The minimum absolute atomic E-state index is 0.0370. The van der Waals surface area contributed by atoms with Gasteiger partial charge in [-0.1, -0.05) is 6.07 Å². The average Bonchev–Trinajstić information content (AvgIpc) is 2.47. The van der Waals surface area contributed by atoms with Gasteiger partial charge in [0.1, 0.15) is 5.69 Å². The number of likely N-dealkylation sites (tertiary alicyclic amines) is 1. The highest BCUT2D eigenvalue weighted by atomic mass is 16.4. The standard InChI is InChI=1S/C14H19N3O3/c18-13(19)9-15-8-11-4-3-7-17(10-11)14(20)12-5-1-2-6-16-12/h1-2,5-6,11,15H,3-4,7-10H2,(H,18,19). The Labute approximate surface area is 117 Å². The van der Waals surface area contributed by atoms with Crippen molar-refractivity contribution in [3.63, 3.8) is 0 Å². The second kappa shape index (κ2) is 7.00. The first-order valence-electron chi connectivity index (χ1n) is 6.79. The Morgan fingerprint density at radius 1 is 1.45 bits per heavy atom. The summed E-state index contributed by atoms with van der Waals surface area (Å²) in [7, 11) is 0. The Morgan fingerprint density at radius 2 is 2.30 bits per heavy atom. The van der Waals surface area contributed by atoms with E-state index in [0.717, 1.165) is 19.4 Å². The maximum Gasteiger partial charge on any atom is 0.317 e. The quantitative estimate of drug-likeness (QED) is 0.824.